The first-order chi connectivity index (χ1) is 12.7. The molecule has 1 heterocycles. The first-order valence-corrected chi connectivity index (χ1v) is 10.0. The average Bonchev–Trinajstić information content (AvgIpc) is 2.55. The molecule has 0 fully saturated rings. The van der Waals surface area contributed by atoms with E-state index in [9.17, 15) is 9.59 Å². The van der Waals surface area contributed by atoms with Crippen LogP contribution in [0.1, 0.15) is 91.4 Å². The van der Waals surface area contributed by atoms with E-state index in [2.05, 4.69) is 12.2 Å². The van der Waals surface area contributed by atoms with E-state index in [1.165, 1.54) is 25.3 Å². The Labute approximate surface area is 162 Å². The number of hydrogen-bond donors (Lipinski definition) is 1. The molecule has 1 amide bonds. The van der Waals surface area contributed by atoms with Crippen molar-refractivity contribution in [2.75, 3.05) is 6.61 Å². The number of amides is 1. The Hall–Kier alpha value is -1.98. The van der Waals surface area contributed by atoms with Crippen molar-refractivity contribution in [2.45, 2.75) is 91.2 Å². The summed E-state index contributed by atoms with van der Waals surface area (Å²) in [6.45, 7) is 10.1. The van der Waals surface area contributed by atoms with E-state index in [0.29, 0.717) is 24.5 Å². The molecule has 0 aliphatic heterocycles. The maximum atomic E-state index is 12.1. The number of rotatable bonds is 11. The second kappa shape index (κ2) is 11.7. The molecule has 1 atom stereocenters. The molecule has 0 bridgehead atoms. The Morgan fingerprint density at radius 3 is 2.44 bits per heavy atom. The smallest absolute Gasteiger partial charge is 0.408 e. The number of carbonyl (C=O) groups is 1. The molecule has 154 valence electrons. The van der Waals surface area contributed by atoms with Crippen molar-refractivity contribution in [1.82, 2.24) is 5.32 Å². The Bertz CT molecular complexity index is 618. The highest BCUT2D eigenvalue weighted by molar-refractivity contribution is 5.68. The first-order valence-electron chi connectivity index (χ1n) is 10.0. The van der Waals surface area contributed by atoms with Gasteiger partial charge in [0.15, 0.2) is 0 Å². The normalized spacial score (nSPS) is 12.5. The average molecular weight is 382 g/mol. The fraction of sp³-hybridized carbons (Fsp3) is 0.714. The van der Waals surface area contributed by atoms with Gasteiger partial charge in [-0.25, -0.2) is 9.59 Å². The monoisotopic (exact) mass is 381 g/mol. The third-order valence-corrected chi connectivity index (χ3v) is 3.89. The molecule has 1 rings (SSSR count). The van der Waals surface area contributed by atoms with E-state index >= 15 is 0 Å². The third-order valence-electron chi connectivity index (χ3n) is 3.89. The van der Waals surface area contributed by atoms with Crippen molar-refractivity contribution in [2.24, 2.45) is 0 Å². The van der Waals surface area contributed by atoms with E-state index in [1.807, 2.05) is 6.92 Å². The van der Waals surface area contributed by atoms with Crippen molar-refractivity contribution < 1.29 is 18.7 Å². The predicted molar refractivity (Wildman–Crippen MR) is 106 cm³/mol. The molecule has 1 aromatic rings. The largest absolute Gasteiger partial charge is 0.493 e. The summed E-state index contributed by atoms with van der Waals surface area (Å²) in [7, 11) is 0. The maximum Gasteiger partial charge on any atom is 0.408 e. The van der Waals surface area contributed by atoms with Crippen LogP contribution in [0, 0.1) is 0 Å². The quantitative estimate of drug-likeness (QED) is 0.522. The molecular weight excluding hydrogens is 346 g/mol. The molecule has 1 aromatic heterocycles. The minimum absolute atomic E-state index is 0.385. The summed E-state index contributed by atoms with van der Waals surface area (Å²) >= 11 is 0. The summed E-state index contributed by atoms with van der Waals surface area (Å²) in [4.78, 5) is 24.0. The highest BCUT2D eigenvalue weighted by atomic mass is 16.6. The van der Waals surface area contributed by atoms with Crippen LogP contribution in [0.25, 0.3) is 0 Å². The molecule has 0 aliphatic rings. The molecule has 0 spiro atoms. The lowest BCUT2D eigenvalue weighted by atomic mass is 10.1. The Balaban J connectivity index is 2.74. The summed E-state index contributed by atoms with van der Waals surface area (Å²) in [6, 6.07) is 2.59. The van der Waals surface area contributed by atoms with E-state index < -0.39 is 23.4 Å². The number of hydrogen-bond acceptors (Lipinski definition) is 5. The zero-order valence-corrected chi connectivity index (χ0v) is 17.4. The lowest BCUT2D eigenvalue weighted by Crippen LogP contribution is -2.35. The molecule has 6 nitrogen and oxygen atoms in total. The Morgan fingerprint density at radius 2 is 1.81 bits per heavy atom. The van der Waals surface area contributed by atoms with Crippen LogP contribution in [0.5, 0.6) is 5.75 Å². The summed E-state index contributed by atoms with van der Waals surface area (Å²) in [5.74, 6) is 0.861. The maximum absolute atomic E-state index is 12.1. The van der Waals surface area contributed by atoms with E-state index in [0.717, 1.165) is 19.3 Å². The molecule has 0 saturated heterocycles. The fourth-order valence-electron chi connectivity index (χ4n) is 2.65. The van der Waals surface area contributed by atoms with Crippen molar-refractivity contribution in [3.8, 4) is 5.75 Å². The minimum Gasteiger partial charge on any atom is -0.493 e. The van der Waals surface area contributed by atoms with Gasteiger partial charge in [-0.3, -0.25) is 0 Å². The van der Waals surface area contributed by atoms with Crippen LogP contribution in [0.15, 0.2) is 21.3 Å². The second-order valence-electron chi connectivity index (χ2n) is 7.76. The van der Waals surface area contributed by atoms with Gasteiger partial charge in [0, 0.05) is 6.07 Å². The summed E-state index contributed by atoms with van der Waals surface area (Å²) in [5.41, 5.74) is -1.08. The van der Waals surface area contributed by atoms with Gasteiger partial charge in [-0.05, 0) is 33.6 Å². The molecule has 6 heteroatoms. The van der Waals surface area contributed by atoms with E-state index in [-0.39, 0.29) is 0 Å². The van der Waals surface area contributed by atoms with Crippen LogP contribution in [0.3, 0.4) is 0 Å². The minimum atomic E-state index is -0.593. The number of carbonyl (C=O) groups excluding carboxylic acids is 1. The first kappa shape index (κ1) is 23.1. The number of unbranched alkanes of at least 4 members (excludes halogenated alkanes) is 4. The van der Waals surface area contributed by atoms with Crippen LogP contribution >= 0.6 is 0 Å². The van der Waals surface area contributed by atoms with Gasteiger partial charge < -0.3 is 19.2 Å². The summed E-state index contributed by atoms with van der Waals surface area (Å²) < 4.78 is 16.3. The number of nitrogens with one attached hydrogen (secondary N) is 1. The van der Waals surface area contributed by atoms with Crippen molar-refractivity contribution in [1.29, 1.82) is 0 Å². The molecule has 0 aromatic carbocycles. The summed E-state index contributed by atoms with van der Waals surface area (Å²) in [6.07, 6.45) is 6.59. The third kappa shape index (κ3) is 10.1. The van der Waals surface area contributed by atoms with Gasteiger partial charge in [-0.1, -0.05) is 46.0 Å². The van der Waals surface area contributed by atoms with Gasteiger partial charge in [0.05, 0.1) is 18.7 Å². The van der Waals surface area contributed by atoms with Gasteiger partial charge in [-0.15, -0.1) is 0 Å². The van der Waals surface area contributed by atoms with Gasteiger partial charge in [0.2, 0.25) is 0 Å². The highest BCUT2D eigenvalue weighted by Crippen LogP contribution is 2.22. The van der Waals surface area contributed by atoms with Crippen LogP contribution in [0.2, 0.25) is 0 Å². The van der Waals surface area contributed by atoms with Crippen LogP contribution in [0.4, 0.5) is 4.79 Å². The zero-order chi connectivity index (χ0) is 20.3. The Kier molecular flexibility index (Phi) is 9.97. The van der Waals surface area contributed by atoms with Gasteiger partial charge in [0.1, 0.15) is 17.1 Å². The van der Waals surface area contributed by atoms with Crippen molar-refractivity contribution in [3.63, 3.8) is 0 Å². The van der Waals surface area contributed by atoms with Gasteiger partial charge >= 0.3 is 11.7 Å². The van der Waals surface area contributed by atoms with Gasteiger partial charge in [-0.2, -0.15) is 0 Å². The molecule has 0 saturated carbocycles. The molecule has 27 heavy (non-hydrogen) atoms. The highest BCUT2D eigenvalue weighted by Gasteiger charge is 2.22. The van der Waals surface area contributed by atoms with E-state index in [1.54, 1.807) is 26.8 Å². The lowest BCUT2D eigenvalue weighted by molar-refractivity contribution is 0.0493. The zero-order valence-electron chi connectivity index (χ0n) is 17.4. The number of alkyl carbamates (subject to hydrolysis) is 1. The van der Waals surface area contributed by atoms with Crippen molar-refractivity contribution in [3.05, 3.63) is 28.3 Å². The molecule has 1 N–H and O–H groups in total. The SMILES string of the molecule is CCCCCCCOc1cc([C@@H](CCC)NC(=O)OC(C)(C)C)oc(=O)c1. The molecular formula is C21H35NO5. The van der Waals surface area contributed by atoms with Crippen LogP contribution in [-0.2, 0) is 4.74 Å². The molecule has 0 radical (unpaired) electrons. The van der Waals surface area contributed by atoms with Gasteiger partial charge in [0.25, 0.3) is 0 Å². The molecule has 0 unspecified atom stereocenters. The fourth-order valence-corrected chi connectivity index (χ4v) is 2.65. The van der Waals surface area contributed by atoms with Crippen LogP contribution < -0.4 is 15.7 Å². The van der Waals surface area contributed by atoms with Crippen LogP contribution in [-0.4, -0.2) is 18.3 Å². The Morgan fingerprint density at radius 1 is 1.11 bits per heavy atom. The second-order valence-corrected chi connectivity index (χ2v) is 7.76. The lowest BCUT2D eigenvalue weighted by Gasteiger charge is -2.23. The molecule has 0 aliphatic carbocycles. The van der Waals surface area contributed by atoms with Crippen molar-refractivity contribution >= 4 is 6.09 Å². The summed E-state index contributed by atoms with van der Waals surface area (Å²) in [5, 5.41) is 2.79. The topological polar surface area (TPSA) is 77.8 Å². The number of ether oxygens (including phenoxy) is 2. The standard InChI is InChI=1S/C21H35NO5/c1-6-8-9-10-11-13-25-16-14-18(26-19(23)15-16)17(12-7-2)22-20(24)27-21(3,4)5/h14-15,17H,6-13H2,1-5H3,(H,22,24)/t17-/m1/s1. The predicted octanol–water partition coefficient (Wildman–Crippen LogP) is 5.35. The van der Waals surface area contributed by atoms with E-state index in [4.69, 9.17) is 13.9 Å².